The monoisotopic (exact) mass is 236 g/mol. The van der Waals surface area contributed by atoms with E-state index in [4.69, 9.17) is 15.2 Å². The Hall–Kier alpha value is -1.13. The van der Waals surface area contributed by atoms with E-state index in [9.17, 15) is 0 Å². The molecule has 0 aliphatic heterocycles. The second kappa shape index (κ2) is 5.47. The standard InChI is InChI=1S/C13H20N2O2/c1-3-16-13(17-4-2)10-7-12(9-5-6-9)15-8-11(10)14/h7-9,13H,3-6,14H2,1-2H3. The van der Waals surface area contributed by atoms with E-state index < -0.39 is 0 Å². The number of hydrogen-bond donors (Lipinski definition) is 1. The van der Waals surface area contributed by atoms with Crippen LogP contribution in [-0.2, 0) is 9.47 Å². The van der Waals surface area contributed by atoms with Crippen molar-refractivity contribution in [2.45, 2.75) is 38.9 Å². The van der Waals surface area contributed by atoms with E-state index in [2.05, 4.69) is 4.98 Å². The molecule has 17 heavy (non-hydrogen) atoms. The molecule has 4 nitrogen and oxygen atoms in total. The molecule has 2 N–H and O–H groups in total. The van der Waals surface area contributed by atoms with Crippen molar-refractivity contribution in [3.63, 3.8) is 0 Å². The Balaban J connectivity index is 2.23. The van der Waals surface area contributed by atoms with E-state index in [0.29, 0.717) is 24.8 Å². The quantitative estimate of drug-likeness (QED) is 0.771. The van der Waals surface area contributed by atoms with Gasteiger partial charge in [-0.2, -0.15) is 0 Å². The Morgan fingerprint density at radius 1 is 1.35 bits per heavy atom. The van der Waals surface area contributed by atoms with Crippen LogP contribution in [0.25, 0.3) is 0 Å². The summed E-state index contributed by atoms with van der Waals surface area (Å²) in [6.07, 6.45) is 3.80. The number of nitrogens with zero attached hydrogens (tertiary/aromatic N) is 1. The summed E-state index contributed by atoms with van der Waals surface area (Å²) in [6.45, 7) is 5.10. The van der Waals surface area contributed by atoms with Gasteiger partial charge < -0.3 is 15.2 Å². The topological polar surface area (TPSA) is 57.4 Å². The van der Waals surface area contributed by atoms with Gasteiger partial charge in [0.25, 0.3) is 0 Å². The second-order valence-electron chi connectivity index (χ2n) is 4.25. The van der Waals surface area contributed by atoms with Crippen LogP contribution in [0.5, 0.6) is 0 Å². The van der Waals surface area contributed by atoms with Gasteiger partial charge in [0.2, 0.25) is 0 Å². The van der Waals surface area contributed by atoms with Crippen molar-refractivity contribution in [2.75, 3.05) is 18.9 Å². The van der Waals surface area contributed by atoms with Crippen LogP contribution < -0.4 is 5.73 Å². The van der Waals surface area contributed by atoms with Gasteiger partial charge >= 0.3 is 0 Å². The first-order valence-corrected chi connectivity index (χ1v) is 6.24. The normalized spacial score (nSPS) is 15.5. The molecule has 2 rings (SSSR count). The summed E-state index contributed by atoms with van der Waals surface area (Å²) in [5.41, 5.74) is 8.61. The van der Waals surface area contributed by atoms with Crippen LogP contribution in [0, 0.1) is 0 Å². The highest BCUT2D eigenvalue weighted by molar-refractivity contribution is 5.47. The van der Waals surface area contributed by atoms with Gasteiger partial charge in [-0.05, 0) is 32.8 Å². The summed E-state index contributed by atoms with van der Waals surface area (Å²) in [5.74, 6) is 0.609. The molecule has 0 atom stereocenters. The lowest BCUT2D eigenvalue weighted by atomic mass is 10.1. The van der Waals surface area contributed by atoms with E-state index in [0.717, 1.165) is 11.3 Å². The highest BCUT2D eigenvalue weighted by Crippen LogP contribution is 2.40. The van der Waals surface area contributed by atoms with Crippen LogP contribution in [0.15, 0.2) is 12.3 Å². The summed E-state index contributed by atoms with van der Waals surface area (Å²) in [5, 5.41) is 0. The SMILES string of the molecule is CCOC(OCC)c1cc(C2CC2)ncc1N. The predicted octanol–water partition coefficient (Wildman–Crippen LogP) is 2.61. The molecule has 0 saturated heterocycles. The number of anilines is 1. The number of ether oxygens (including phenoxy) is 2. The van der Waals surface area contributed by atoms with Crippen molar-refractivity contribution in [2.24, 2.45) is 0 Å². The first kappa shape index (κ1) is 12.3. The third-order valence-electron chi connectivity index (χ3n) is 2.88. The average Bonchev–Trinajstić information content (AvgIpc) is 3.14. The van der Waals surface area contributed by atoms with Crippen molar-refractivity contribution in [3.8, 4) is 0 Å². The molecule has 1 aliphatic carbocycles. The van der Waals surface area contributed by atoms with Crippen molar-refractivity contribution >= 4 is 5.69 Å². The summed E-state index contributed by atoms with van der Waals surface area (Å²) in [7, 11) is 0. The van der Waals surface area contributed by atoms with E-state index in [1.165, 1.54) is 12.8 Å². The predicted molar refractivity (Wildman–Crippen MR) is 66.6 cm³/mol. The maximum atomic E-state index is 5.95. The summed E-state index contributed by atoms with van der Waals surface area (Å²) >= 11 is 0. The van der Waals surface area contributed by atoms with E-state index in [1.54, 1.807) is 6.20 Å². The Bertz CT molecular complexity index is 372. The molecule has 0 spiro atoms. The van der Waals surface area contributed by atoms with Crippen molar-refractivity contribution < 1.29 is 9.47 Å². The van der Waals surface area contributed by atoms with E-state index in [1.807, 2.05) is 19.9 Å². The van der Waals surface area contributed by atoms with Crippen LogP contribution in [-0.4, -0.2) is 18.2 Å². The third kappa shape index (κ3) is 2.96. The summed E-state index contributed by atoms with van der Waals surface area (Å²) in [6, 6.07) is 2.03. The van der Waals surface area contributed by atoms with Crippen molar-refractivity contribution in [1.82, 2.24) is 4.98 Å². The maximum Gasteiger partial charge on any atom is 0.185 e. The highest BCUT2D eigenvalue weighted by Gasteiger charge is 2.26. The van der Waals surface area contributed by atoms with E-state index >= 15 is 0 Å². The van der Waals surface area contributed by atoms with Crippen LogP contribution in [0.1, 0.15) is 50.2 Å². The van der Waals surface area contributed by atoms with Gasteiger partial charge in [-0.15, -0.1) is 0 Å². The molecule has 0 radical (unpaired) electrons. The fourth-order valence-electron chi connectivity index (χ4n) is 1.84. The van der Waals surface area contributed by atoms with Gasteiger partial charge in [0, 0.05) is 30.4 Å². The zero-order valence-corrected chi connectivity index (χ0v) is 10.5. The molecule has 4 heteroatoms. The number of nitrogens with two attached hydrogens (primary N) is 1. The van der Waals surface area contributed by atoms with Gasteiger partial charge in [-0.1, -0.05) is 0 Å². The van der Waals surface area contributed by atoms with Crippen LogP contribution >= 0.6 is 0 Å². The van der Waals surface area contributed by atoms with Crippen LogP contribution in [0.2, 0.25) is 0 Å². The van der Waals surface area contributed by atoms with Crippen LogP contribution in [0.4, 0.5) is 5.69 Å². The van der Waals surface area contributed by atoms with Crippen molar-refractivity contribution in [3.05, 3.63) is 23.5 Å². The Morgan fingerprint density at radius 2 is 2.00 bits per heavy atom. The average molecular weight is 236 g/mol. The number of pyridine rings is 1. The van der Waals surface area contributed by atoms with Gasteiger partial charge in [-0.25, -0.2) is 0 Å². The Morgan fingerprint density at radius 3 is 2.53 bits per heavy atom. The molecule has 1 aromatic rings. The lowest BCUT2D eigenvalue weighted by molar-refractivity contribution is -0.139. The molecule has 1 aliphatic rings. The first-order chi connectivity index (χ1) is 8.26. The molecule has 1 fully saturated rings. The molecule has 0 amide bonds. The summed E-state index contributed by atoms with van der Waals surface area (Å²) in [4.78, 5) is 4.37. The minimum Gasteiger partial charge on any atom is -0.397 e. The van der Waals surface area contributed by atoms with Gasteiger partial charge in [-0.3, -0.25) is 4.98 Å². The fourth-order valence-corrected chi connectivity index (χ4v) is 1.84. The van der Waals surface area contributed by atoms with Gasteiger partial charge in [0.1, 0.15) is 0 Å². The third-order valence-corrected chi connectivity index (χ3v) is 2.88. The Labute approximate surface area is 102 Å². The first-order valence-electron chi connectivity index (χ1n) is 6.24. The fraction of sp³-hybridized carbons (Fsp3) is 0.615. The van der Waals surface area contributed by atoms with Gasteiger partial charge in [0.15, 0.2) is 6.29 Å². The molecular formula is C13H20N2O2. The summed E-state index contributed by atoms with van der Waals surface area (Å²) < 4.78 is 11.1. The molecule has 94 valence electrons. The number of rotatable bonds is 6. The molecule has 0 bridgehead atoms. The number of nitrogen functional groups attached to an aromatic ring is 1. The van der Waals surface area contributed by atoms with E-state index in [-0.39, 0.29) is 6.29 Å². The molecule has 1 aromatic heterocycles. The lowest BCUT2D eigenvalue weighted by Crippen LogP contribution is -2.12. The molecule has 1 saturated carbocycles. The van der Waals surface area contributed by atoms with Crippen molar-refractivity contribution in [1.29, 1.82) is 0 Å². The zero-order chi connectivity index (χ0) is 12.3. The second-order valence-corrected chi connectivity index (χ2v) is 4.25. The minimum atomic E-state index is -0.370. The Kier molecular flexibility index (Phi) is 3.97. The highest BCUT2D eigenvalue weighted by atomic mass is 16.7. The minimum absolute atomic E-state index is 0.370. The molecule has 1 heterocycles. The molecule has 0 aromatic carbocycles. The lowest BCUT2D eigenvalue weighted by Gasteiger charge is -2.19. The maximum absolute atomic E-state index is 5.95. The number of hydrogen-bond acceptors (Lipinski definition) is 4. The smallest absolute Gasteiger partial charge is 0.185 e. The van der Waals surface area contributed by atoms with Gasteiger partial charge in [0.05, 0.1) is 11.9 Å². The zero-order valence-electron chi connectivity index (χ0n) is 10.5. The van der Waals surface area contributed by atoms with Crippen LogP contribution in [0.3, 0.4) is 0 Å². The number of aromatic nitrogens is 1. The largest absolute Gasteiger partial charge is 0.397 e. The molecular weight excluding hydrogens is 216 g/mol. The molecule has 0 unspecified atom stereocenters.